The molecule has 11 heteroatoms. The van der Waals surface area contributed by atoms with Crippen molar-refractivity contribution in [3.63, 3.8) is 0 Å². The van der Waals surface area contributed by atoms with Gasteiger partial charge in [0.2, 0.25) is 0 Å². The van der Waals surface area contributed by atoms with Crippen LogP contribution in [0.25, 0.3) is 0 Å². The molecule has 0 amide bonds. The van der Waals surface area contributed by atoms with E-state index in [1.807, 2.05) is 0 Å². The number of alkyl halides is 3. The van der Waals surface area contributed by atoms with Crippen molar-refractivity contribution in [2.75, 3.05) is 0 Å². The highest BCUT2D eigenvalue weighted by atomic mass is 35.5. The topological polar surface area (TPSA) is 77.3 Å². The van der Waals surface area contributed by atoms with E-state index in [0.717, 1.165) is 0 Å². The number of nitrogens with zero attached hydrogens (tertiary/aromatic N) is 1. The summed E-state index contributed by atoms with van der Waals surface area (Å²) in [7, 11) is -5.77. The molecule has 0 heterocycles. The molecule has 0 bridgehead atoms. The molecule has 0 unspecified atom stereocenters. The van der Waals surface area contributed by atoms with E-state index in [1.54, 1.807) is 0 Å². The number of hydrogen-bond acceptors (Lipinski definition) is 4. The third-order valence-electron chi connectivity index (χ3n) is 1.79. The Bertz CT molecular complexity index is 614. The third kappa shape index (κ3) is 2.52. The Labute approximate surface area is 108 Å². The van der Waals surface area contributed by atoms with Gasteiger partial charge in [-0.15, -0.1) is 0 Å². The smallest absolute Gasteiger partial charge is 0.258 e. The highest BCUT2D eigenvalue weighted by Crippen LogP contribution is 2.38. The molecule has 1 aromatic carbocycles. The Balaban J connectivity index is 3.63. The predicted octanol–water partition coefficient (Wildman–Crippen LogP) is 3.20. The zero-order valence-electron chi connectivity index (χ0n) is 8.03. The van der Waals surface area contributed by atoms with Gasteiger partial charge in [-0.25, -0.2) is 8.42 Å². The van der Waals surface area contributed by atoms with Crippen LogP contribution in [-0.4, -0.2) is 18.8 Å². The summed E-state index contributed by atoms with van der Waals surface area (Å²) < 4.78 is 59.0. The molecule has 18 heavy (non-hydrogen) atoms. The summed E-state index contributed by atoms with van der Waals surface area (Å²) in [6.07, 6.45) is 0. The van der Waals surface area contributed by atoms with Crippen molar-refractivity contribution in [1.29, 1.82) is 0 Å². The van der Waals surface area contributed by atoms with E-state index >= 15 is 0 Å². The Morgan fingerprint density at radius 1 is 1.17 bits per heavy atom. The number of sulfone groups is 1. The quantitative estimate of drug-likeness (QED) is 0.618. The second-order valence-electron chi connectivity index (χ2n) is 2.94. The van der Waals surface area contributed by atoms with Crippen LogP contribution in [0.3, 0.4) is 0 Å². The zero-order chi connectivity index (χ0) is 14.3. The van der Waals surface area contributed by atoms with Crippen LogP contribution in [0.4, 0.5) is 18.9 Å². The lowest BCUT2D eigenvalue weighted by Gasteiger charge is -2.09. The fourth-order valence-corrected chi connectivity index (χ4v) is 2.58. The number of halogens is 5. The van der Waals surface area contributed by atoms with Crippen molar-refractivity contribution in [3.05, 3.63) is 32.3 Å². The second-order valence-corrected chi connectivity index (χ2v) is 5.66. The molecule has 0 atom stereocenters. The Kier molecular flexibility index (Phi) is 3.80. The van der Waals surface area contributed by atoms with Crippen LogP contribution in [0.1, 0.15) is 0 Å². The van der Waals surface area contributed by atoms with E-state index in [2.05, 4.69) is 0 Å². The zero-order valence-corrected chi connectivity index (χ0v) is 10.4. The highest BCUT2D eigenvalue weighted by molar-refractivity contribution is 7.92. The van der Waals surface area contributed by atoms with Gasteiger partial charge >= 0.3 is 5.51 Å². The first-order chi connectivity index (χ1) is 7.98. The van der Waals surface area contributed by atoms with E-state index in [9.17, 15) is 31.7 Å². The van der Waals surface area contributed by atoms with Crippen LogP contribution in [-0.2, 0) is 9.84 Å². The molecule has 0 radical (unpaired) electrons. The molecule has 0 aliphatic rings. The minimum Gasteiger partial charge on any atom is -0.258 e. The van der Waals surface area contributed by atoms with Gasteiger partial charge in [0, 0.05) is 6.07 Å². The van der Waals surface area contributed by atoms with Crippen molar-refractivity contribution in [2.24, 2.45) is 0 Å². The SMILES string of the molecule is O=[N+]([O-])c1cc(S(=O)(=O)C(F)(F)F)c(Cl)cc1Cl. The van der Waals surface area contributed by atoms with Gasteiger partial charge in [-0.2, -0.15) is 13.2 Å². The van der Waals surface area contributed by atoms with E-state index < -0.39 is 40.9 Å². The standard InChI is InChI=1S/C7H2Cl2F3NO4S/c8-3-1-4(9)6(2-5(3)13(14)15)18(16,17)7(10,11)12/h1-2H. The largest absolute Gasteiger partial charge is 0.501 e. The van der Waals surface area contributed by atoms with Gasteiger partial charge in [-0.3, -0.25) is 10.1 Å². The maximum atomic E-state index is 12.3. The van der Waals surface area contributed by atoms with Gasteiger partial charge in [0.15, 0.2) is 0 Å². The summed E-state index contributed by atoms with van der Waals surface area (Å²) in [5.74, 6) is 0. The molecule has 0 N–H and O–H groups in total. The molecule has 0 saturated carbocycles. The van der Waals surface area contributed by atoms with E-state index in [1.165, 1.54) is 0 Å². The van der Waals surface area contributed by atoms with Crippen molar-refractivity contribution in [3.8, 4) is 0 Å². The molecule has 1 aromatic rings. The normalized spacial score (nSPS) is 12.5. The van der Waals surface area contributed by atoms with Crippen LogP contribution in [0.5, 0.6) is 0 Å². The third-order valence-corrected chi connectivity index (χ3v) is 4.05. The molecule has 0 aromatic heterocycles. The van der Waals surface area contributed by atoms with Gasteiger partial charge < -0.3 is 0 Å². The molecular weight excluding hydrogens is 322 g/mol. The molecule has 1 rings (SSSR count). The van der Waals surface area contributed by atoms with Gasteiger partial charge in [-0.05, 0) is 6.07 Å². The lowest BCUT2D eigenvalue weighted by atomic mass is 10.3. The van der Waals surface area contributed by atoms with Crippen LogP contribution in [0.2, 0.25) is 10.0 Å². The van der Waals surface area contributed by atoms with Crippen LogP contribution >= 0.6 is 23.2 Å². The number of rotatable bonds is 2. The Morgan fingerprint density at radius 2 is 1.67 bits per heavy atom. The molecule has 0 saturated heterocycles. The van der Waals surface area contributed by atoms with Crippen molar-refractivity contribution in [1.82, 2.24) is 0 Å². The van der Waals surface area contributed by atoms with Crippen LogP contribution < -0.4 is 0 Å². The summed E-state index contributed by atoms with van der Waals surface area (Å²) in [5.41, 5.74) is -6.60. The number of hydrogen-bond donors (Lipinski definition) is 0. The fraction of sp³-hybridized carbons (Fsp3) is 0.143. The Morgan fingerprint density at radius 3 is 2.06 bits per heavy atom. The summed E-state index contributed by atoms with van der Waals surface area (Å²) in [4.78, 5) is 7.94. The lowest BCUT2D eigenvalue weighted by molar-refractivity contribution is -0.384. The predicted molar refractivity (Wildman–Crippen MR) is 56.4 cm³/mol. The van der Waals surface area contributed by atoms with Crippen molar-refractivity contribution < 1.29 is 26.5 Å². The maximum Gasteiger partial charge on any atom is 0.501 e. The van der Waals surface area contributed by atoms with Crippen molar-refractivity contribution >= 4 is 38.7 Å². The monoisotopic (exact) mass is 323 g/mol. The first-order valence-electron chi connectivity index (χ1n) is 3.93. The summed E-state index contributed by atoms with van der Waals surface area (Å²) >= 11 is 10.7. The second kappa shape index (κ2) is 4.56. The maximum absolute atomic E-state index is 12.3. The average molecular weight is 324 g/mol. The van der Waals surface area contributed by atoms with Gasteiger partial charge in [0.1, 0.15) is 9.92 Å². The molecule has 0 aliphatic heterocycles. The molecule has 100 valence electrons. The Hall–Kier alpha value is -1.06. The molecule has 5 nitrogen and oxygen atoms in total. The molecular formula is C7H2Cl2F3NO4S. The van der Waals surface area contributed by atoms with E-state index in [-0.39, 0.29) is 6.07 Å². The summed E-state index contributed by atoms with van der Waals surface area (Å²) in [6.45, 7) is 0. The van der Waals surface area contributed by atoms with Crippen molar-refractivity contribution in [2.45, 2.75) is 10.4 Å². The van der Waals surface area contributed by atoms with E-state index in [4.69, 9.17) is 23.2 Å². The summed E-state index contributed by atoms with van der Waals surface area (Å²) in [5, 5.41) is 9.06. The lowest BCUT2D eigenvalue weighted by Crippen LogP contribution is -2.23. The molecule has 0 spiro atoms. The molecule has 0 fully saturated rings. The van der Waals surface area contributed by atoms with Gasteiger partial charge in [0.05, 0.1) is 9.95 Å². The summed E-state index contributed by atoms with van der Waals surface area (Å²) in [6, 6.07) is 0.743. The minimum absolute atomic E-state index is 0.174. The first kappa shape index (κ1) is 15.0. The van der Waals surface area contributed by atoms with Gasteiger partial charge in [-0.1, -0.05) is 23.2 Å². The van der Waals surface area contributed by atoms with Gasteiger partial charge in [0.25, 0.3) is 15.5 Å². The number of nitro groups is 1. The number of nitro benzene ring substituents is 1. The van der Waals surface area contributed by atoms with E-state index in [0.29, 0.717) is 6.07 Å². The highest BCUT2D eigenvalue weighted by Gasteiger charge is 2.48. The number of benzene rings is 1. The fourth-order valence-electron chi connectivity index (χ4n) is 0.989. The average Bonchev–Trinajstić information content (AvgIpc) is 2.14. The first-order valence-corrected chi connectivity index (χ1v) is 6.17. The van der Waals surface area contributed by atoms with Crippen LogP contribution in [0.15, 0.2) is 17.0 Å². The molecule has 0 aliphatic carbocycles. The minimum atomic E-state index is -5.77. The van der Waals surface area contributed by atoms with Crippen LogP contribution in [0, 0.1) is 10.1 Å².